The molecular weight excluding hydrogens is 262 g/mol. The van der Waals surface area contributed by atoms with Crippen LogP contribution in [0.2, 0.25) is 0 Å². The van der Waals surface area contributed by atoms with E-state index < -0.39 is 0 Å². The monoisotopic (exact) mass is 275 g/mol. The highest BCUT2D eigenvalue weighted by Gasteiger charge is 2.27. The van der Waals surface area contributed by atoms with Gasteiger partial charge in [0.15, 0.2) is 4.67 Å². The molecule has 2 unspecified atom stereocenters. The summed E-state index contributed by atoms with van der Waals surface area (Å²) in [6.07, 6.45) is 0.0156. The van der Waals surface area contributed by atoms with Crippen LogP contribution in [0.5, 0.6) is 0 Å². The molecule has 1 fully saturated rings. The molecule has 0 radical (unpaired) electrons. The Labute approximate surface area is 97.1 Å². The van der Waals surface area contributed by atoms with Crippen LogP contribution in [0.25, 0.3) is 0 Å². The Morgan fingerprint density at radius 3 is 2.87 bits per heavy atom. The van der Waals surface area contributed by atoms with Crippen molar-refractivity contribution in [1.29, 1.82) is 0 Å². The van der Waals surface area contributed by atoms with Crippen LogP contribution in [0.4, 0.5) is 0 Å². The average Bonchev–Trinajstić information content (AvgIpc) is 2.68. The number of ether oxygens (including phenoxy) is 2. The lowest BCUT2D eigenvalue weighted by molar-refractivity contribution is -0.104. The van der Waals surface area contributed by atoms with Gasteiger partial charge in [0.1, 0.15) is 11.9 Å². The summed E-state index contributed by atoms with van der Waals surface area (Å²) in [6, 6.07) is 3.85. The quantitative estimate of drug-likeness (QED) is 0.913. The lowest BCUT2D eigenvalue weighted by Gasteiger charge is -2.28. The van der Waals surface area contributed by atoms with E-state index in [1.165, 1.54) is 0 Å². The van der Waals surface area contributed by atoms with Crippen molar-refractivity contribution in [3.05, 3.63) is 22.6 Å². The predicted molar refractivity (Wildman–Crippen MR) is 58.8 cm³/mol. The van der Waals surface area contributed by atoms with Gasteiger partial charge in [-0.3, -0.25) is 0 Å². The van der Waals surface area contributed by atoms with Crippen LogP contribution in [-0.2, 0) is 9.47 Å². The summed E-state index contributed by atoms with van der Waals surface area (Å²) in [5.74, 6) is 0.861. The molecule has 0 bridgehead atoms. The molecule has 2 heterocycles. The van der Waals surface area contributed by atoms with Gasteiger partial charge >= 0.3 is 0 Å². The zero-order chi connectivity index (χ0) is 10.7. The van der Waals surface area contributed by atoms with Crippen LogP contribution in [-0.4, -0.2) is 33.0 Å². The normalized spacial score (nSPS) is 24.0. The molecule has 5 heteroatoms. The van der Waals surface area contributed by atoms with E-state index in [-0.39, 0.29) is 12.1 Å². The summed E-state index contributed by atoms with van der Waals surface area (Å²) in [5.41, 5.74) is 0. The smallest absolute Gasteiger partial charge is 0.169 e. The van der Waals surface area contributed by atoms with Crippen molar-refractivity contribution in [2.45, 2.75) is 12.1 Å². The summed E-state index contributed by atoms with van der Waals surface area (Å²) >= 11 is 3.29. The number of hydrogen-bond donors (Lipinski definition) is 1. The maximum Gasteiger partial charge on any atom is 0.169 e. The topological polar surface area (TPSA) is 43.6 Å². The molecule has 0 amide bonds. The van der Waals surface area contributed by atoms with Gasteiger partial charge in [0.25, 0.3) is 0 Å². The minimum atomic E-state index is 0.0156. The van der Waals surface area contributed by atoms with Crippen LogP contribution in [0.3, 0.4) is 0 Å². The third kappa shape index (κ3) is 2.60. The van der Waals surface area contributed by atoms with E-state index >= 15 is 0 Å². The summed E-state index contributed by atoms with van der Waals surface area (Å²) in [4.78, 5) is 0. The molecule has 1 aromatic rings. The second-order valence-corrected chi connectivity index (χ2v) is 4.17. The van der Waals surface area contributed by atoms with Crippen molar-refractivity contribution >= 4 is 15.9 Å². The van der Waals surface area contributed by atoms with E-state index in [9.17, 15) is 0 Å². The van der Waals surface area contributed by atoms with Gasteiger partial charge in [-0.2, -0.15) is 0 Å². The molecule has 1 aliphatic heterocycles. The van der Waals surface area contributed by atoms with E-state index in [0.717, 1.165) is 10.4 Å². The van der Waals surface area contributed by atoms with E-state index in [1.54, 1.807) is 0 Å². The van der Waals surface area contributed by atoms with Crippen LogP contribution in [0.15, 0.2) is 21.2 Å². The predicted octanol–water partition coefficient (Wildman–Crippen LogP) is 1.72. The fraction of sp³-hybridized carbons (Fsp3) is 0.600. The molecule has 1 aliphatic rings. The molecule has 1 aromatic heterocycles. The van der Waals surface area contributed by atoms with Crippen molar-refractivity contribution in [3.63, 3.8) is 0 Å². The van der Waals surface area contributed by atoms with Crippen LogP contribution in [0.1, 0.15) is 11.8 Å². The number of furan rings is 1. The van der Waals surface area contributed by atoms with E-state index in [4.69, 9.17) is 13.9 Å². The lowest BCUT2D eigenvalue weighted by atomic mass is 10.1. The van der Waals surface area contributed by atoms with Crippen LogP contribution >= 0.6 is 15.9 Å². The van der Waals surface area contributed by atoms with Crippen molar-refractivity contribution in [3.8, 4) is 0 Å². The first kappa shape index (κ1) is 11.1. The molecule has 2 rings (SSSR count). The molecule has 1 saturated heterocycles. The molecule has 0 saturated carbocycles. The Balaban J connectivity index is 2.08. The molecular formula is C10H14BrNO3. The SMILES string of the molecule is CNC(c1ccc(Br)o1)C1COCCO1. The Hall–Kier alpha value is -0.360. The van der Waals surface area contributed by atoms with E-state index in [1.807, 2.05) is 19.2 Å². The van der Waals surface area contributed by atoms with Gasteiger partial charge in [0.05, 0.1) is 25.9 Å². The van der Waals surface area contributed by atoms with Crippen molar-refractivity contribution in [1.82, 2.24) is 5.32 Å². The van der Waals surface area contributed by atoms with Crippen LogP contribution < -0.4 is 5.32 Å². The highest BCUT2D eigenvalue weighted by atomic mass is 79.9. The molecule has 2 atom stereocenters. The van der Waals surface area contributed by atoms with Gasteiger partial charge in [-0.05, 0) is 35.1 Å². The maximum atomic E-state index is 5.63. The largest absolute Gasteiger partial charge is 0.453 e. The number of halogens is 1. The highest BCUT2D eigenvalue weighted by molar-refractivity contribution is 9.10. The first-order valence-electron chi connectivity index (χ1n) is 4.93. The van der Waals surface area contributed by atoms with Gasteiger partial charge in [-0.1, -0.05) is 0 Å². The van der Waals surface area contributed by atoms with Crippen LogP contribution in [0, 0.1) is 0 Å². The Bertz CT molecular complexity index is 309. The Kier molecular flexibility index (Phi) is 3.80. The average molecular weight is 276 g/mol. The highest BCUT2D eigenvalue weighted by Crippen LogP contribution is 2.25. The molecule has 4 nitrogen and oxygen atoms in total. The zero-order valence-corrected chi connectivity index (χ0v) is 10.1. The van der Waals surface area contributed by atoms with Crippen molar-refractivity contribution in [2.75, 3.05) is 26.9 Å². The first-order valence-corrected chi connectivity index (χ1v) is 5.72. The molecule has 84 valence electrons. The number of nitrogens with one attached hydrogen (secondary N) is 1. The Morgan fingerprint density at radius 2 is 2.33 bits per heavy atom. The summed E-state index contributed by atoms with van der Waals surface area (Å²) in [6.45, 7) is 1.92. The molecule has 15 heavy (non-hydrogen) atoms. The number of hydrogen-bond acceptors (Lipinski definition) is 4. The molecule has 0 aliphatic carbocycles. The van der Waals surface area contributed by atoms with Gasteiger partial charge < -0.3 is 19.2 Å². The zero-order valence-electron chi connectivity index (χ0n) is 8.53. The summed E-state index contributed by atoms with van der Waals surface area (Å²) in [5, 5.41) is 3.18. The Morgan fingerprint density at radius 1 is 1.47 bits per heavy atom. The summed E-state index contributed by atoms with van der Waals surface area (Å²) in [7, 11) is 1.89. The van der Waals surface area contributed by atoms with E-state index in [0.29, 0.717) is 19.8 Å². The van der Waals surface area contributed by atoms with E-state index in [2.05, 4.69) is 21.2 Å². The van der Waals surface area contributed by atoms with Gasteiger partial charge in [0.2, 0.25) is 0 Å². The third-order valence-electron chi connectivity index (χ3n) is 2.43. The lowest BCUT2D eigenvalue weighted by Crippen LogP contribution is -2.39. The minimum absolute atomic E-state index is 0.0156. The maximum absolute atomic E-state index is 5.63. The second-order valence-electron chi connectivity index (χ2n) is 3.39. The molecule has 0 aromatic carbocycles. The molecule has 1 N–H and O–H groups in total. The number of rotatable bonds is 3. The third-order valence-corrected chi connectivity index (χ3v) is 2.85. The molecule has 0 spiro atoms. The first-order chi connectivity index (χ1) is 7.31. The van der Waals surface area contributed by atoms with Crippen molar-refractivity contribution < 1.29 is 13.9 Å². The standard InChI is InChI=1S/C10H14BrNO3/c1-12-10(7-2-3-9(11)15-7)8-6-13-4-5-14-8/h2-3,8,10,12H,4-6H2,1H3. The fourth-order valence-electron chi connectivity index (χ4n) is 1.71. The fourth-order valence-corrected chi connectivity index (χ4v) is 2.02. The second kappa shape index (κ2) is 5.12. The summed E-state index contributed by atoms with van der Waals surface area (Å²) < 4.78 is 17.2. The van der Waals surface area contributed by atoms with Crippen molar-refractivity contribution in [2.24, 2.45) is 0 Å². The van der Waals surface area contributed by atoms with Gasteiger partial charge in [0, 0.05) is 0 Å². The minimum Gasteiger partial charge on any atom is -0.453 e. The van der Waals surface area contributed by atoms with Gasteiger partial charge in [-0.25, -0.2) is 0 Å². The van der Waals surface area contributed by atoms with Gasteiger partial charge in [-0.15, -0.1) is 0 Å². The number of likely N-dealkylation sites (N-methyl/N-ethyl adjacent to an activating group) is 1.